The Morgan fingerprint density at radius 1 is 1.08 bits per heavy atom. The summed E-state index contributed by atoms with van der Waals surface area (Å²) in [6.45, 7) is 4.74. The Hall–Kier alpha value is -2.52. The van der Waals surface area contributed by atoms with Gasteiger partial charge in [-0.05, 0) is 19.2 Å². The molecule has 4 rings (SSSR count). The van der Waals surface area contributed by atoms with Crippen LogP contribution in [0.25, 0.3) is 0 Å². The molecule has 26 heavy (non-hydrogen) atoms. The van der Waals surface area contributed by atoms with Crippen LogP contribution < -0.4 is 19.8 Å². The van der Waals surface area contributed by atoms with Crippen molar-refractivity contribution in [3.8, 4) is 11.5 Å². The first kappa shape index (κ1) is 16.9. The van der Waals surface area contributed by atoms with Gasteiger partial charge in [0.05, 0.1) is 0 Å². The fraction of sp³-hybridized carbons (Fsp3) is 0.529. The molecule has 0 bridgehead atoms. The molecule has 0 aliphatic carbocycles. The van der Waals surface area contributed by atoms with Gasteiger partial charge in [0, 0.05) is 51.0 Å². The van der Waals surface area contributed by atoms with E-state index in [9.17, 15) is 9.59 Å². The minimum atomic E-state index is -0.169. The second-order valence-electron chi connectivity index (χ2n) is 6.72. The number of anilines is 1. The highest BCUT2D eigenvalue weighted by atomic mass is 16.7. The Morgan fingerprint density at radius 2 is 1.85 bits per heavy atom. The van der Waals surface area contributed by atoms with E-state index in [2.05, 4.69) is 17.4 Å². The highest BCUT2D eigenvalue weighted by Crippen LogP contribution is 2.36. The molecule has 0 radical (unpaired) electrons. The minimum Gasteiger partial charge on any atom is -0.454 e. The summed E-state index contributed by atoms with van der Waals surface area (Å²) in [6.07, 6.45) is 0. The quantitative estimate of drug-likeness (QED) is 0.809. The van der Waals surface area contributed by atoms with Crippen molar-refractivity contribution in [3.05, 3.63) is 18.2 Å². The van der Waals surface area contributed by atoms with Crippen LogP contribution in [0.1, 0.15) is 0 Å². The van der Waals surface area contributed by atoms with Crippen molar-refractivity contribution in [3.63, 3.8) is 0 Å². The molecule has 1 aromatic rings. The number of piperazine rings is 1. The summed E-state index contributed by atoms with van der Waals surface area (Å²) < 4.78 is 10.7. The number of benzene rings is 1. The lowest BCUT2D eigenvalue weighted by Crippen LogP contribution is -2.54. The Morgan fingerprint density at radius 3 is 2.65 bits per heavy atom. The molecule has 1 aromatic carbocycles. The molecule has 3 aliphatic rings. The van der Waals surface area contributed by atoms with Crippen molar-refractivity contribution in [2.24, 2.45) is 0 Å². The normalized spacial score (nSPS) is 20.7. The first-order chi connectivity index (χ1) is 12.6. The van der Waals surface area contributed by atoms with Gasteiger partial charge in [0.2, 0.25) is 6.79 Å². The molecule has 1 N–H and O–H groups in total. The third kappa shape index (κ3) is 3.40. The number of fused-ring (bicyclic) bond motifs is 1. The van der Waals surface area contributed by atoms with Gasteiger partial charge in [0.15, 0.2) is 11.5 Å². The molecule has 140 valence electrons. The van der Waals surface area contributed by atoms with Gasteiger partial charge in [0.25, 0.3) is 5.91 Å². The highest BCUT2D eigenvalue weighted by molar-refractivity contribution is 5.96. The molecule has 2 saturated heterocycles. The lowest BCUT2D eigenvalue weighted by atomic mass is 10.2. The van der Waals surface area contributed by atoms with Crippen molar-refractivity contribution in [2.75, 3.05) is 64.6 Å². The third-order valence-corrected chi connectivity index (χ3v) is 4.88. The Bertz CT molecular complexity index is 704. The van der Waals surface area contributed by atoms with Crippen molar-refractivity contribution >= 4 is 17.6 Å². The maximum absolute atomic E-state index is 12.7. The Kier molecular flexibility index (Phi) is 4.56. The fourth-order valence-corrected chi connectivity index (χ4v) is 3.33. The Balaban J connectivity index is 1.33. The molecule has 0 spiro atoms. The van der Waals surface area contributed by atoms with Gasteiger partial charge < -0.3 is 19.3 Å². The van der Waals surface area contributed by atoms with Gasteiger partial charge in [0.1, 0.15) is 6.54 Å². The van der Waals surface area contributed by atoms with Crippen LogP contribution >= 0.6 is 0 Å². The summed E-state index contributed by atoms with van der Waals surface area (Å²) in [7, 11) is 2.06. The first-order valence-electron chi connectivity index (χ1n) is 8.79. The maximum Gasteiger partial charge on any atom is 0.325 e. The summed E-state index contributed by atoms with van der Waals surface area (Å²) in [6, 6.07) is 5.26. The molecule has 3 heterocycles. The molecular weight excluding hydrogens is 338 g/mol. The van der Waals surface area contributed by atoms with Crippen LogP contribution in [0.2, 0.25) is 0 Å². The maximum atomic E-state index is 12.7. The van der Waals surface area contributed by atoms with Crippen molar-refractivity contribution in [1.82, 2.24) is 20.2 Å². The van der Waals surface area contributed by atoms with Gasteiger partial charge >= 0.3 is 6.03 Å². The summed E-state index contributed by atoms with van der Waals surface area (Å²) in [5, 5.41) is 1.92. The van der Waals surface area contributed by atoms with Crippen molar-refractivity contribution in [2.45, 2.75) is 0 Å². The number of nitrogens with zero attached hydrogens (tertiary/aromatic N) is 4. The second-order valence-corrected chi connectivity index (χ2v) is 6.72. The zero-order valence-corrected chi connectivity index (χ0v) is 14.8. The van der Waals surface area contributed by atoms with Crippen LogP contribution in [0.3, 0.4) is 0 Å². The number of ether oxygens (including phenoxy) is 2. The Labute approximate surface area is 152 Å². The number of carbonyl (C=O) groups excluding carboxylic acids is 2. The number of urea groups is 1. The number of likely N-dealkylation sites (N-methyl/N-ethyl adjacent to an activating group) is 1. The fourth-order valence-electron chi connectivity index (χ4n) is 3.33. The van der Waals surface area contributed by atoms with Gasteiger partial charge in [-0.2, -0.15) is 0 Å². The van der Waals surface area contributed by atoms with Crippen LogP contribution in [0.4, 0.5) is 10.5 Å². The van der Waals surface area contributed by atoms with Crippen LogP contribution in [0.5, 0.6) is 11.5 Å². The van der Waals surface area contributed by atoms with Crippen LogP contribution in [0, 0.1) is 0 Å². The lowest BCUT2D eigenvalue weighted by molar-refractivity contribution is -0.127. The van der Waals surface area contributed by atoms with E-state index in [-0.39, 0.29) is 25.3 Å². The third-order valence-electron chi connectivity index (χ3n) is 4.88. The number of hydrogen-bond donors (Lipinski definition) is 1. The molecule has 2 fully saturated rings. The van der Waals surface area contributed by atoms with E-state index in [1.807, 2.05) is 11.1 Å². The number of hydrazine groups is 1. The van der Waals surface area contributed by atoms with E-state index in [1.165, 1.54) is 0 Å². The molecular formula is C17H23N5O4. The average molecular weight is 361 g/mol. The van der Waals surface area contributed by atoms with E-state index >= 15 is 0 Å². The van der Waals surface area contributed by atoms with Crippen LogP contribution in [-0.2, 0) is 4.79 Å². The standard InChI is InChI=1S/C17H23N5O4/c1-19-4-7-21(8-5-19)18-16(23)11-20-6-9-22(17(20)24)13-2-3-14-15(10-13)26-12-25-14/h2-3,10H,4-9,11-12H2,1H3,(H,18,23). The van der Waals surface area contributed by atoms with Gasteiger partial charge in [-0.3, -0.25) is 15.1 Å². The number of nitrogens with one attached hydrogen (secondary N) is 1. The van der Waals surface area contributed by atoms with E-state index in [1.54, 1.807) is 21.9 Å². The molecule has 0 atom stereocenters. The van der Waals surface area contributed by atoms with E-state index in [0.717, 1.165) is 31.9 Å². The van der Waals surface area contributed by atoms with E-state index in [4.69, 9.17) is 9.47 Å². The van der Waals surface area contributed by atoms with Gasteiger partial charge in [-0.1, -0.05) is 0 Å². The molecule has 0 aromatic heterocycles. The minimum absolute atomic E-state index is 0.0617. The molecule has 3 aliphatic heterocycles. The van der Waals surface area contributed by atoms with Crippen molar-refractivity contribution in [1.29, 1.82) is 0 Å². The average Bonchev–Trinajstić information content (AvgIpc) is 3.23. The largest absolute Gasteiger partial charge is 0.454 e. The molecule has 0 unspecified atom stereocenters. The summed E-state index contributed by atoms with van der Waals surface area (Å²) >= 11 is 0. The number of rotatable bonds is 4. The van der Waals surface area contributed by atoms with Gasteiger partial charge in [-0.25, -0.2) is 9.80 Å². The van der Waals surface area contributed by atoms with E-state index < -0.39 is 0 Å². The lowest BCUT2D eigenvalue weighted by Gasteiger charge is -2.32. The highest BCUT2D eigenvalue weighted by Gasteiger charge is 2.32. The SMILES string of the molecule is CN1CCN(NC(=O)CN2CCN(c3ccc4c(c3)OCO4)C2=O)CC1. The topological polar surface area (TPSA) is 77.6 Å². The zero-order chi connectivity index (χ0) is 18.1. The number of hydrogen-bond acceptors (Lipinski definition) is 6. The predicted molar refractivity (Wildman–Crippen MR) is 94.1 cm³/mol. The number of carbonyl (C=O) groups is 2. The van der Waals surface area contributed by atoms with Crippen molar-refractivity contribution < 1.29 is 19.1 Å². The number of amides is 3. The smallest absolute Gasteiger partial charge is 0.325 e. The van der Waals surface area contributed by atoms with Gasteiger partial charge in [-0.15, -0.1) is 0 Å². The van der Waals surface area contributed by atoms with Crippen LogP contribution in [0.15, 0.2) is 18.2 Å². The molecule has 9 nitrogen and oxygen atoms in total. The summed E-state index contributed by atoms with van der Waals surface area (Å²) in [5.41, 5.74) is 3.65. The molecule has 3 amide bonds. The van der Waals surface area contributed by atoms with E-state index in [0.29, 0.717) is 24.6 Å². The molecule has 0 saturated carbocycles. The monoisotopic (exact) mass is 361 g/mol. The molecule has 9 heteroatoms. The predicted octanol–water partition coefficient (Wildman–Crippen LogP) is -0.0641. The summed E-state index contributed by atoms with van der Waals surface area (Å²) in [5.74, 6) is 1.17. The second kappa shape index (κ2) is 7.00. The zero-order valence-electron chi connectivity index (χ0n) is 14.8. The van der Waals surface area contributed by atoms with Crippen LogP contribution in [-0.4, -0.2) is 86.4 Å². The summed E-state index contributed by atoms with van der Waals surface area (Å²) in [4.78, 5) is 30.4. The first-order valence-corrected chi connectivity index (χ1v) is 8.79.